The molecule has 8 heteroatoms. The van der Waals surface area contributed by atoms with Gasteiger partial charge < -0.3 is 9.15 Å². The Bertz CT molecular complexity index is 863. The first-order valence-electron chi connectivity index (χ1n) is 8.02. The number of nitrogens with zero attached hydrogens (tertiary/aromatic N) is 3. The van der Waals surface area contributed by atoms with Crippen LogP contribution in [0.25, 0.3) is 11.5 Å². The van der Waals surface area contributed by atoms with Gasteiger partial charge in [-0.3, -0.25) is 10.1 Å². The zero-order chi connectivity index (χ0) is 18.4. The van der Waals surface area contributed by atoms with Gasteiger partial charge in [-0.25, -0.2) is 0 Å². The van der Waals surface area contributed by atoms with Gasteiger partial charge in [0.2, 0.25) is 5.89 Å². The molecule has 0 unspecified atom stereocenters. The zero-order valence-corrected chi connectivity index (χ0v) is 14.9. The van der Waals surface area contributed by atoms with Gasteiger partial charge in [0.05, 0.1) is 11.5 Å². The largest absolute Gasteiger partial charge is 0.494 e. The van der Waals surface area contributed by atoms with E-state index >= 15 is 0 Å². The van der Waals surface area contributed by atoms with Gasteiger partial charge in [-0.1, -0.05) is 29.5 Å². The lowest BCUT2D eigenvalue weighted by Crippen LogP contribution is -1.98. The number of aromatic nitrogens is 2. The molecule has 7 nitrogen and oxygen atoms in total. The molecule has 134 valence electrons. The number of ether oxygens (including phenoxy) is 1. The summed E-state index contributed by atoms with van der Waals surface area (Å²) in [6, 6.07) is 14.0. The van der Waals surface area contributed by atoms with Crippen LogP contribution in [-0.4, -0.2) is 27.5 Å². The second kappa shape index (κ2) is 8.48. The Morgan fingerprint density at radius 3 is 2.54 bits per heavy atom. The summed E-state index contributed by atoms with van der Waals surface area (Å²) in [5.41, 5.74) is 2.13. The van der Waals surface area contributed by atoms with Crippen LogP contribution in [-0.2, 0) is 0 Å². The SMILES string of the molecule is Cc1ccc(-c2nnc(SCCCOc3ccc([N+](=O)[O-])cc3)o2)cc1. The fourth-order valence-corrected chi connectivity index (χ4v) is 2.83. The van der Waals surface area contributed by atoms with Crippen molar-refractivity contribution in [3.63, 3.8) is 0 Å². The van der Waals surface area contributed by atoms with Crippen LogP contribution in [0.5, 0.6) is 5.75 Å². The first-order chi connectivity index (χ1) is 12.6. The van der Waals surface area contributed by atoms with Gasteiger partial charge in [-0.2, -0.15) is 0 Å². The molecule has 3 aromatic rings. The number of aryl methyl sites for hydroxylation is 1. The van der Waals surface area contributed by atoms with E-state index in [2.05, 4.69) is 10.2 Å². The van der Waals surface area contributed by atoms with E-state index in [0.29, 0.717) is 23.5 Å². The van der Waals surface area contributed by atoms with Gasteiger partial charge in [0, 0.05) is 23.4 Å². The summed E-state index contributed by atoms with van der Waals surface area (Å²) in [4.78, 5) is 10.2. The predicted octanol–water partition coefficient (Wildman–Crippen LogP) is 4.51. The summed E-state index contributed by atoms with van der Waals surface area (Å²) in [6.45, 7) is 2.53. The van der Waals surface area contributed by atoms with Gasteiger partial charge in [-0.05, 0) is 37.6 Å². The van der Waals surface area contributed by atoms with E-state index in [9.17, 15) is 10.1 Å². The highest BCUT2D eigenvalue weighted by Gasteiger charge is 2.09. The van der Waals surface area contributed by atoms with Crippen LogP contribution in [0.4, 0.5) is 5.69 Å². The lowest BCUT2D eigenvalue weighted by atomic mass is 10.1. The van der Waals surface area contributed by atoms with Crippen molar-refractivity contribution < 1.29 is 14.1 Å². The molecule has 0 saturated heterocycles. The minimum Gasteiger partial charge on any atom is -0.494 e. The Balaban J connectivity index is 1.41. The third-order valence-corrected chi connectivity index (χ3v) is 4.44. The van der Waals surface area contributed by atoms with Crippen LogP contribution in [0.1, 0.15) is 12.0 Å². The van der Waals surface area contributed by atoms with Gasteiger partial charge >= 0.3 is 0 Å². The molecule has 2 aromatic carbocycles. The molecule has 26 heavy (non-hydrogen) atoms. The first kappa shape index (κ1) is 17.9. The van der Waals surface area contributed by atoms with Crippen molar-refractivity contribution in [1.29, 1.82) is 0 Å². The van der Waals surface area contributed by atoms with Gasteiger partial charge in [0.15, 0.2) is 0 Å². The summed E-state index contributed by atoms with van der Waals surface area (Å²) in [5, 5.41) is 19.2. The van der Waals surface area contributed by atoms with Crippen LogP contribution in [0.2, 0.25) is 0 Å². The molecule has 0 aliphatic rings. The minimum atomic E-state index is -0.435. The lowest BCUT2D eigenvalue weighted by Gasteiger charge is -2.04. The second-order valence-corrected chi connectivity index (χ2v) is 6.59. The number of nitro benzene ring substituents is 1. The maximum absolute atomic E-state index is 10.6. The van der Waals surface area contributed by atoms with Crippen molar-refractivity contribution >= 4 is 17.4 Å². The Kier molecular flexibility index (Phi) is 5.85. The maximum atomic E-state index is 10.6. The molecule has 0 aliphatic carbocycles. The van der Waals surface area contributed by atoms with Gasteiger partial charge in [-0.15, -0.1) is 10.2 Å². The highest BCUT2D eigenvalue weighted by molar-refractivity contribution is 7.99. The van der Waals surface area contributed by atoms with E-state index < -0.39 is 4.92 Å². The zero-order valence-electron chi connectivity index (χ0n) is 14.1. The highest BCUT2D eigenvalue weighted by atomic mass is 32.2. The fourth-order valence-electron chi connectivity index (χ4n) is 2.15. The molecule has 0 atom stereocenters. The Morgan fingerprint density at radius 2 is 1.85 bits per heavy atom. The molecule has 1 heterocycles. The Hall–Kier alpha value is -2.87. The summed E-state index contributed by atoms with van der Waals surface area (Å²) in [7, 11) is 0. The predicted molar refractivity (Wildman–Crippen MR) is 98.4 cm³/mol. The lowest BCUT2D eigenvalue weighted by molar-refractivity contribution is -0.384. The average molecular weight is 371 g/mol. The molecule has 0 amide bonds. The van der Waals surface area contributed by atoms with Crippen LogP contribution in [0, 0.1) is 17.0 Å². The number of non-ortho nitro benzene ring substituents is 1. The van der Waals surface area contributed by atoms with E-state index in [4.69, 9.17) is 9.15 Å². The second-order valence-electron chi connectivity index (χ2n) is 5.54. The summed E-state index contributed by atoms with van der Waals surface area (Å²) in [6.07, 6.45) is 0.782. The van der Waals surface area contributed by atoms with E-state index in [-0.39, 0.29) is 5.69 Å². The summed E-state index contributed by atoms with van der Waals surface area (Å²) >= 11 is 1.47. The number of rotatable bonds is 8. The van der Waals surface area contributed by atoms with Crippen molar-refractivity contribution in [1.82, 2.24) is 10.2 Å². The van der Waals surface area contributed by atoms with Crippen molar-refractivity contribution in [3.8, 4) is 17.2 Å². The number of thioether (sulfide) groups is 1. The number of hydrogen-bond donors (Lipinski definition) is 0. The Morgan fingerprint density at radius 1 is 1.12 bits per heavy atom. The summed E-state index contributed by atoms with van der Waals surface area (Å²) < 4.78 is 11.2. The standard InChI is InChI=1S/C18H17N3O4S/c1-13-3-5-14(6-4-13)17-19-20-18(25-17)26-12-2-11-24-16-9-7-15(8-10-16)21(22)23/h3-10H,2,11-12H2,1H3. The van der Waals surface area contributed by atoms with Crippen molar-refractivity contribution in [2.75, 3.05) is 12.4 Å². The maximum Gasteiger partial charge on any atom is 0.276 e. The van der Waals surface area contributed by atoms with Crippen molar-refractivity contribution in [3.05, 3.63) is 64.2 Å². The number of hydrogen-bond acceptors (Lipinski definition) is 7. The minimum absolute atomic E-state index is 0.0497. The van der Waals surface area contributed by atoms with Crippen LogP contribution in [0.3, 0.4) is 0 Å². The molecule has 0 N–H and O–H groups in total. The van der Waals surface area contributed by atoms with E-state index in [1.807, 2.05) is 31.2 Å². The molecule has 3 rings (SSSR count). The number of nitro groups is 1. The fraction of sp³-hybridized carbons (Fsp3) is 0.222. The van der Waals surface area contributed by atoms with E-state index in [1.165, 1.54) is 29.5 Å². The third kappa shape index (κ3) is 4.82. The van der Waals surface area contributed by atoms with E-state index in [1.54, 1.807) is 12.1 Å². The number of benzene rings is 2. The quantitative estimate of drug-likeness (QED) is 0.249. The first-order valence-corrected chi connectivity index (χ1v) is 9.01. The molecular formula is C18H17N3O4S. The monoisotopic (exact) mass is 371 g/mol. The van der Waals surface area contributed by atoms with Crippen LogP contribution in [0.15, 0.2) is 58.2 Å². The van der Waals surface area contributed by atoms with Gasteiger partial charge in [0.1, 0.15) is 5.75 Å². The molecule has 0 spiro atoms. The van der Waals surface area contributed by atoms with Gasteiger partial charge in [0.25, 0.3) is 10.9 Å². The average Bonchev–Trinajstić information content (AvgIpc) is 3.11. The smallest absolute Gasteiger partial charge is 0.276 e. The molecule has 0 bridgehead atoms. The molecular weight excluding hydrogens is 354 g/mol. The molecule has 1 aromatic heterocycles. The van der Waals surface area contributed by atoms with Crippen molar-refractivity contribution in [2.24, 2.45) is 0 Å². The highest BCUT2D eigenvalue weighted by Crippen LogP contribution is 2.24. The molecule has 0 saturated carbocycles. The topological polar surface area (TPSA) is 91.3 Å². The van der Waals surface area contributed by atoms with Crippen LogP contribution >= 0.6 is 11.8 Å². The molecule has 0 fully saturated rings. The molecule has 0 radical (unpaired) electrons. The third-order valence-electron chi connectivity index (χ3n) is 3.54. The summed E-state index contributed by atoms with van der Waals surface area (Å²) in [5.74, 6) is 1.89. The van der Waals surface area contributed by atoms with Crippen LogP contribution < -0.4 is 4.74 Å². The Labute approximate surface area is 154 Å². The normalized spacial score (nSPS) is 10.7. The van der Waals surface area contributed by atoms with E-state index in [0.717, 1.165) is 17.7 Å². The molecule has 0 aliphatic heterocycles. The van der Waals surface area contributed by atoms with Crippen molar-refractivity contribution in [2.45, 2.75) is 18.6 Å².